The highest BCUT2D eigenvalue weighted by Crippen LogP contribution is 2.26. The Bertz CT molecular complexity index is 610. The molecule has 0 heterocycles. The number of nitrogens with two attached hydrogens (primary N) is 1. The molecule has 10 heteroatoms. The van der Waals surface area contributed by atoms with Gasteiger partial charge in [-0.2, -0.15) is 0 Å². The zero-order valence-electron chi connectivity index (χ0n) is 12.3. The summed E-state index contributed by atoms with van der Waals surface area (Å²) in [6, 6.07) is 5.10. The first-order chi connectivity index (χ1) is 9.88. The molecule has 0 bridgehead atoms. The second kappa shape index (κ2) is 10.1. The lowest BCUT2D eigenvalue weighted by atomic mass is 10.3. The molecule has 0 saturated carbocycles. The molecule has 7 nitrogen and oxygen atoms in total. The van der Waals surface area contributed by atoms with Crippen LogP contribution in [0.25, 0.3) is 0 Å². The Morgan fingerprint density at radius 3 is 2.68 bits per heavy atom. The first kappa shape index (κ1) is 21.2. The number of sulfonamides is 1. The van der Waals surface area contributed by atoms with Gasteiger partial charge in [-0.3, -0.25) is 4.99 Å². The minimum atomic E-state index is -3.20. The van der Waals surface area contributed by atoms with Crippen molar-refractivity contribution in [3.05, 3.63) is 23.2 Å². The van der Waals surface area contributed by atoms with E-state index in [4.69, 9.17) is 22.1 Å². The van der Waals surface area contributed by atoms with Gasteiger partial charge < -0.3 is 15.8 Å². The molecule has 1 aromatic carbocycles. The molecule has 126 valence electrons. The summed E-state index contributed by atoms with van der Waals surface area (Å²) in [4.78, 5) is 4.01. The van der Waals surface area contributed by atoms with Gasteiger partial charge in [0.15, 0.2) is 5.96 Å². The van der Waals surface area contributed by atoms with Crippen molar-refractivity contribution in [1.29, 1.82) is 0 Å². The number of halogens is 2. The topological polar surface area (TPSA) is 106 Å². The van der Waals surface area contributed by atoms with Crippen molar-refractivity contribution >= 4 is 57.2 Å². The van der Waals surface area contributed by atoms with Crippen LogP contribution in [0.2, 0.25) is 5.02 Å². The van der Waals surface area contributed by atoms with Gasteiger partial charge in [0.05, 0.1) is 24.4 Å². The normalized spacial score (nSPS) is 11.7. The van der Waals surface area contributed by atoms with Crippen LogP contribution in [0.1, 0.15) is 6.92 Å². The molecule has 0 radical (unpaired) electrons. The molecule has 0 fully saturated rings. The zero-order chi connectivity index (χ0) is 15.9. The predicted octanol–water partition coefficient (Wildman–Crippen LogP) is 1.63. The summed E-state index contributed by atoms with van der Waals surface area (Å²) in [6.07, 6.45) is 0. The van der Waals surface area contributed by atoms with Crippen LogP contribution in [0.3, 0.4) is 0 Å². The van der Waals surface area contributed by atoms with Crippen molar-refractivity contribution in [2.24, 2.45) is 10.7 Å². The lowest BCUT2D eigenvalue weighted by Crippen LogP contribution is -2.29. The minimum absolute atomic E-state index is 0. The summed E-state index contributed by atoms with van der Waals surface area (Å²) >= 11 is 5.98. The molecular formula is C12H20ClIN4O3S. The van der Waals surface area contributed by atoms with Gasteiger partial charge >= 0.3 is 0 Å². The molecule has 0 atom stereocenters. The minimum Gasteiger partial charge on any atom is -0.495 e. The van der Waals surface area contributed by atoms with E-state index >= 15 is 0 Å². The van der Waals surface area contributed by atoms with Crippen LogP contribution in [0.5, 0.6) is 5.75 Å². The Morgan fingerprint density at radius 2 is 2.14 bits per heavy atom. The Hall–Kier alpha value is -0.780. The standard InChI is InChI=1S/C12H19ClN4O3S.HI/c1-3-21(18,19)16-7-6-15-12(14)17-9-4-5-11(20-2)10(13)8-9;/h4-5,8,16H,3,6-7H2,1-2H3,(H3,14,15,17);1H. The summed E-state index contributed by atoms with van der Waals surface area (Å²) in [5.74, 6) is 0.771. The fraction of sp³-hybridized carbons (Fsp3) is 0.417. The van der Waals surface area contributed by atoms with Crippen molar-refractivity contribution in [3.63, 3.8) is 0 Å². The number of rotatable bonds is 7. The van der Waals surface area contributed by atoms with E-state index in [1.54, 1.807) is 25.1 Å². The summed E-state index contributed by atoms with van der Waals surface area (Å²) < 4.78 is 29.8. The van der Waals surface area contributed by atoms with Gasteiger partial charge in [-0.1, -0.05) is 11.6 Å². The van der Waals surface area contributed by atoms with E-state index in [1.807, 2.05) is 0 Å². The van der Waals surface area contributed by atoms with E-state index in [9.17, 15) is 8.42 Å². The second-order valence-corrected chi connectivity index (χ2v) is 6.54. The average Bonchev–Trinajstić information content (AvgIpc) is 2.44. The highest BCUT2D eigenvalue weighted by Gasteiger charge is 2.05. The highest BCUT2D eigenvalue weighted by atomic mass is 127. The number of guanidine groups is 1. The molecule has 1 aromatic rings. The highest BCUT2D eigenvalue weighted by molar-refractivity contribution is 14.0. The Balaban J connectivity index is 0.00000441. The molecule has 0 unspecified atom stereocenters. The van der Waals surface area contributed by atoms with Gasteiger partial charge in [0.2, 0.25) is 10.0 Å². The number of nitrogens with one attached hydrogen (secondary N) is 2. The lowest BCUT2D eigenvalue weighted by molar-refractivity contribution is 0.415. The number of hydrogen-bond donors (Lipinski definition) is 3. The Kier molecular flexibility index (Phi) is 9.72. The maximum Gasteiger partial charge on any atom is 0.211 e. The van der Waals surface area contributed by atoms with Crippen molar-refractivity contribution in [2.45, 2.75) is 6.92 Å². The fourth-order valence-electron chi connectivity index (χ4n) is 1.41. The summed E-state index contributed by atoms with van der Waals surface area (Å²) in [7, 11) is -1.67. The smallest absolute Gasteiger partial charge is 0.211 e. The largest absolute Gasteiger partial charge is 0.495 e. The van der Waals surface area contributed by atoms with Crippen molar-refractivity contribution in [3.8, 4) is 5.75 Å². The van der Waals surface area contributed by atoms with Crippen LogP contribution in [-0.2, 0) is 10.0 Å². The van der Waals surface area contributed by atoms with Gasteiger partial charge in [-0.05, 0) is 25.1 Å². The van der Waals surface area contributed by atoms with E-state index in [0.717, 1.165) is 0 Å². The van der Waals surface area contributed by atoms with E-state index in [-0.39, 0.29) is 48.8 Å². The van der Waals surface area contributed by atoms with Crippen molar-refractivity contribution in [1.82, 2.24) is 4.72 Å². The molecule has 0 amide bonds. The molecule has 0 aliphatic rings. The van der Waals surface area contributed by atoms with E-state index < -0.39 is 10.0 Å². The van der Waals surface area contributed by atoms with Gasteiger partial charge in [0.25, 0.3) is 0 Å². The summed E-state index contributed by atoms with van der Waals surface area (Å²) in [5, 5.41) is 3.31. The molecule has 4 N–H and O–H groups in total. The molecule has 0 aromatic heterocycles. The van der Waals surface area contributed by atoms with Gasteiger partial charge in [-0.15, -0.1) is 24.0 Å². The van der Waals surface area contributed by atoms with Crippen LogP contribution < -0.4 is 20.5 Å². The molecular weight excluding hydrogens is 443 g/mol. The van der Waals surface area contributed by atoms with Crippen molar-refractivity contribution < 1.29 is 13.2 Å². The van der Waals surface area contributed by atoms with Gasteiger partial charge in [0.1, 0.15) is 5.75 Å². The summed E-state index contributed by atoms with van der Waals surface area (Å²) in [6.45, 7) is 2.00. The molecule has 0 aliphatic heterocycles. The predicted molar refractivity (Wildman–Crippen MR) is 101 cm³/mol. The van der Waals surface area contributed by atoms with Crippen LogP contribution in [0.15, 0.2) is 23.2 Å². The third kappa shape index (κ3) is 7.47. The number of benzene rings is 1. The molecule has 1 rings (SSSR count). The number of methoxy groups -OCH3 is 1. The van der Waals surface area contributed by atoms with Crippen LogP contribution in [0.4, 0.5) is 5.69 Å². The molecule has 22 heavy (non-hydrogen) atoms. The monoisotopic (exact) mass is 462 g/mol. The average molecular weight is 463 g/mol. The summed E-state index contributed by atoms with van der Waals surface area (Å²) in [5.41, 5.74) is 6.36. The Labute approximate surface area is 152 Å². The lowest BCUT2D eigenvalue weighted by Gasteiger charge is -2.08. The van der Waals surface area contributed by atoms with E-state index in [0.29, 0.717) is 16.5 Å². The third-order valence-corrected chi connectivity index (χ3v) is 4.22. The zero-order valence-corrected chi connectivity index (χ0v) is 16.2. The van der Waals surface area contributed by atoms with E-state index in [2.05, 4.69) is 15.0 Å². The number of ether oxygens (including phenoxy) is 1. The number of nitrogens with zero attached hydrogens (tertiary/aromatic N) is 1. The number of aliphatic imine (C=N–C) groups is 1. The molecule has 0 spiro atoms. The number of anilines is 1. The molecule has 0 saturated heterocycles. The Morgan fingerprint density at radius 1 is 1.45 bits per heavy atom. The van der Waals surface area contributed by atoms with Crippen LogP contribution in [0, 0.1) is 0 Å². The van der Waals surface area contributed by atoms with E-state index in [1.165, 1.54) is 7.11 Å². The third-order valence-electron chi connectivity index (χ3n) is 2.52. The maximum atomic E-state index is 11.2. The quantitative estimate of drug-likeness (QED) is 0.247. The first-order valence-electron chi connectivity index (χ1n) is 6.25. The van der Waals surface area contributed by atoms with Crippen molar-refractivity contribution in [2.75, 3.05) is 31.3 Å². The van der Waals surface area contributed by atoms with Gasteiger partial charge in [0, 0.05) is 12.2 Å². The van der Waals surface area contributed by atoms with Gasteiger partial charge in [-0.25, -0.2) is 13.1 Å². The van der Waals surface area contributed by atoms with Crippen LogP contribution >= 0.6 is 35.6 Å². The maximum absolute atomic E-state index is 11.2. The molecule has 0 aliphatic carbocycles. The second-order valence-electron chi connectivity index (χ2n) is 4.04. The fourth-order valence-corrected chi connectivity index (χ4v) is 2.28. The van der Waals surface area contributed by atoms with Crippen LogP contribution in [-0.4, -0.2) is 40.3 Å². The number of hydrogen-bond acceptors (Lipinski definition) is 4. The SMILES string of the molecule is CCS(=O)(=O)NCCN=C(N)Nc1ccc(OC)c(Cl)c1.I. The first-order valence-corrected chi connectivity index (χ1v) is 8.28.